The Hall–Kier alpha value is -2.20. The Morgan fingerprint density at radius 2 is 1.95 bits per heavy atom. The highest BCUT2D eigenvalue weighted by Crippen LogP contribution is 2.37. The van der Waals surface area contributed by atoms with Gasteiger partial charge in [-0.15, -0.1) is 0 Å². The largest absolute Gasteiger partial charge is 0.508 e. The smallest absolute Gasteiger partial charge is 0.231 e. The molecule has 2 aromatic rings. The van der Waals surface area contributed by atoms with Gasteiger partial charge < -0.3 is 19.9 Å². The molecule has 2 N–H and O–H groups in total. The number of fused-ring (bicyclic) bond motifs is 2. The first-order valence-corrected chi connectivity index (χ1v) is 6.76. The van der Waals surface area contributed by atoms with Gasteiger partial charge in [-0.1, -0.05) is 12.1 Å². The first-order chi connectivity index (χ1) is 9.81. The van der Waals surface area contributed by atoms with E-state index in [1.54, 1.807) is 6.07 Å². The van der Waals surface area contributed by atoms with Crippen LogP contribution in [0.25, 0.3) is 0 Å². The molecular weight excluding hydrogens is 254 g/mol. The summed E-state index contributed by atoms with van der Waals surface area (Å²) >= 11 is 0. The summed E-state index contributed by atoms with van der Waals surface area (Å²) in [5, 5.41) is 13.1. The average Bonchev–Trinajstić information content (AvgIpc) is 2.93. The van der Waals surface area contributed by atoms with Crippen LogP contribution in [0.3, 0.4) is 0 Å². The molecule has 0 radical (unpaired) electrons. The molecule has 0 spiro atoms. The predicted octanol–water partition coefficient (Wildman–Crippen LogP) is 2.36. The van der Waals surface area contributed by atoms with Gasteiger partial charge in [-0.25, -0.2) is 0 Å². The SMILES string of the molecule is Oc1ccc2c(c1)CCNC2c1ccc2c(c1)OCO2. The first kappa shape index (κ1) is 11.6. The molecule has 102 valence electrons. The predicted molar refractivity (Wildman–Crippen MR) is 74.2 cm³/mol. The number of hydrogen-bond donors (Lipinski definition) is 2. The molecule has 4 heteroatoms. The Morgan fingerprint density at radius 3 is 2.90 bits per heavy atom. The van der Waals surface area contributed by atoms with Gasteiger partial charge in [-0.2, -0.15) is 0 Å². The zero-order chi connectivity index (χ0) is 13.5. The number of aromatic hydroxyl groups is 1. The molecule has 2 aliphatic heterocycles. The van der Waals surface area contributed by atoms with Crippen LogP contribution in [-0.4, -0.2) is 18.4 Å². The lowest BCUT2D eigenvalue weighted by Gasteiger charge is -2.27. The van der Waals surface area contributed by atoms with E-state index >= 15 is 0 Å². The van der Waals surface area contributed by atoms with Gasteiger partial charge in [0.05, 0.1) is 6.04 Å². The maximum Gasteiger partial charge on any atom is 0.231 e. The molecule has 0 saturated heterocycles. The third-order valence-electron chi connectivity index (χ3n) is 3.91. The van der Waals surface area contributed by atoms with Crippen LogP contribution >= 0.6 is 0 Å². The van der Waals surface area contributed by atoms with Crippen molar-refractivity contribution in [2.45, 2.75) is 12.5 Å². The summed E-state index contributed by atoms with van der Waals surface area (Å²) < 4.78 is 10.8. The molecule has 4 nitrogen and oxygen atoms in total. The molecule has 4 rings (SSSR count). The first-order valence-electron chi connectivity index (χ1n) is 6.76. The van der Waals surface area contributed by atoms with Gasteiger partial charge in [0.1, 0.15) is 5.75 Å². The quantitative estimate of drug-likeness (QED) is 0.834. The van der Waals surface area contributed by atoms with E-state index in [9.17, 15) is 5.11 Å². The van der Waals surface area contributed by atoms with E-state index in [-0.39, 0.29) is 6.04 Å². The Labute approximate surface area is 117 Å². The minimum absolute atomic E-state index is 0.133. The van der Waals surface area contributed by atoms with Crippen molar-refractivity contribution in [3.05, 3.63) is 53.1 Å². The topological polar surface area (TPSA) is 50.7 Å². The third-order valence-corrected chi connectivity index (χ3v) is 3.91. The molecule has 2 aliphatic rings. The molecule has 2 heterocycles. The summed E-state index contributed by atoms with van der Waals surface area (Å²) in [7, 11) is 0. The van der Waals surface area contributed by atoms with Gasteiger partial charge in [-0.05, 0) is 47.4 Å². The third kappa shape index (κ3) is 1.80. The normalized spacial score (nSPS) is 19.7. The zero-order valence-electron chi connectivity index (χ0n) is 10.9. The minimum Gasteiger partial charge on any atom is -0.508 e. The van der Waals surface area contributed by atoms with E-state index in [0.717, 1.165) is 30.0 Å². The lowest BCUT2D eigenvalue weighted by atomic mass is 9.89. The summed E-state index contributed by atoms with van der Waals surface area (Å²) in [6.07, 6.45) is 0.935. The van der Waals surface area contributed by atoms with Crippen molar-refractivity contribution in [1.82, 2.24) is 5.32 Å². The second-order valence-electron chi connectivity index (χ2n) is 5.13. The molecule has 0 aliphatic carbocycles. The summed E-state index contributed by atoms with van der Waals surface area (Å²) in [4.78, 5) is 0. The summed E-state index contributed by atoms with van der Waals surface area (Å²) in [6, 6.07) is 11.8. The number of hydrogen-bond acceptors (Lipinski definition) is 4. The van der Waals surface area contributed by atoms with Crippen molar-refractivity contribution in [2.75, 3.05) is 13.3 Å². The lowest BCUT2D eigenvalue weighted by Crippen LogP contribution is -2.30. The molecule has 1 atom stereocenters. The van der Waals surface area contributed by atoms with Crippen LogP contribution in [0.1, 0.15) is 22.7 Å². The fraction of sp³-hybridized carbons (Fsp3) is 0.250. The monoisotopic (exact) mass is 269 g/mol. The van der Waals surface area contributed by atoms with Crippen molar-refractivity contribution in [3.8, 4) is 17.2 Å². The van der Waals surface area contributed by atoms with Crippen molar-refractivity contribution < 1.29 is 14.6 Å². The van der Waals surface area contributed by atoms with E-state index in [1.165, 1.54) is 11.1 Å². The van der Waals surface area contributed by atoms with Gasteiger partial charge in [0, 0.05) is 6.54 Å². The Balaban J connectivity index is 1.77. The van der Waals surface area contributed by atoms with Crippen LogP contribution in [0.2, 0.25) is 0 Å². The van der Waals surface area contributed by atoms with Crippen LogP contribution in [0.5, 0.6) is 17.2 Å². The van der Waals surface area contributed by atoms with E-state index in [4.69, 9.17) is 9.47 Å². The van der Waals surface area contributed by atoms with E-state index in [2.05, 4.69) is 11.4 Å². The molecule has 1 unspecified atom stereocenters. The Kier molecular flexibility index (Phi) is 2.57. The second-order valence-corrected chi connectivity index (χ2v) is 5.13. The van der Waals surface area contributed by atoms with E-state index < -0.39 is 0 Å². The highest BCUT2D eigenvalue weighted by molar-refractivity contribution is 5.49. The maximum absolute atomic E-state index is 9.61. The zero-order valence-corrected chi connectivity index (χ0v) is 10.9. The lowest BCUT2D eigenvalue weighted by molar-refractivity contribution is 0.174. The van der Waals surface area contributed by atoms with Crippen molar-refractivity contribution in [1.29, 1.82) is 0 Å². The maximum atomic E-state index is 9.61. The number of nitrogens with one attached hydrogen (secondary N) is 1. The second kappa shape index (κ2) is 4.42. The van der Waals surface area contributed by atoms with Crippen LogP contribution in [-0.2, 0) is 6.42 Å². The van der Waals surface area contributed by atoms with Crippen LogP contribution in [0.15, 0.2) is 36.4 Å². The number of benzene rings is 2. The van der Waals surface area contributed by atoms with E-state index in [0.29, 0.717) is 12.5 Å². The molecular formula is C16H15NO3. The number of phenolic OH excluding ortho intramolecular Hbond substituents is 1. The molecule has 20 heavy (non-hydrogen) atoms. The average molecular weight is 269 g/mol. The highest BCUT2D eigenvalue weighted by atomic mass is 16.7. The molecule has 0 saturated carbocycles. The summed E-state index contributed by atoms with van der Waals surface area (Å²) in [5.41, 5.74) is 3.57. The number of phenols is 1. The summed E-state index contributed by atoms with van der Waals surface area (Å²) in [6.45, 7) is 1.19. The van der Waals surface area contributed by atoms with Gasteiger partial charge in [0.25, 0.3) is 0 Å². The molecule has 0 fully saturated rings. The van der Waals surface area contributed by atoms with Crippen LogP contribution < -0.4 is 14.8 Å². The van der Waals surface area contributed by atoms with Crippen molar-refractivity contribution >= 4 is 0 Å². The number of ether oxygens (including phenoxy) is 2. The molecule has 0 amide bonds. The van der Waals surface area contributed by atoms with Crippen molar-refractivity contribution in [2.24, 2.45) is 0 Å². The van der Waals surface area contributed by atoms with Crippen molar-refractivity contribution in [3.63, 3.8) is 0 Å². The fourth-order valence-electron chi connectivity index (χ4n) is 2.94. The molecule has 2 aromatic carbocycles. The van der Waals surface area contributed by atoms with Crippen LogP contribution in [0.4, 0.5) is 0 Å². The van der Waals surface area contributed by atoms with E-state index in [1.807, 2.05) is 24.3 Å². The van der Waals surface area contributed by atoms with Crippen LogP contribution in [0, 0.1) is 0 Å². The number of rotatable bonds is 1. The van der Waals surface area contributed by atoms with Gasteiger partial charge >= 0.3 is 0 Å². The van der Waals surface area contributed by atoms with Gasteiger partial charge in [-0.3, -0.25) is 0 Å². The molecule has 0 bridgehead atoms. The molecule has 0 aromatic heterocycles. The summed E-state index contributed by atoms with van der Waals surface area (Å²) in [5.74, 6) is 1.93. The minimum atomic E-state index is 0.133. The Bertz CT molecular complexity index is 669. The standard InChI is InChI=1S/C16H15NO3/c18-12-2-3-13-10(7-12)5-6-17-16(13)11-1-4-14-15(8-11)20-9-19-14/h1-4,7-8,16-18H,5-6,9H2. The fourth-order valence-corrected chi connectivity index (χ4v) is 2.94. The van der Waals surface area contributed by atoms with Gasteiger partial charge in [0.15, 0.2) is 11.5 Å². The Morgan fingerprint density at radius 1 is 1.05 bits per heavy atom. The highest BCUT2D eigenvalue weighted by Gasteiger charge is 2.23. The van der Waals surface area contributed by atoms with Gasteiger partial charge in [0.2, 0.25) is 6.79 Å².